The van der Waals surface area contributed by atoms with Crippen molar-refractivity contribution in [1.29, 1.82) is 0 Å². The minimum absolute atomic E-state index is 0.117. The summed E-state index contributed by atoms with van der Waals surface area (Å²) in [6.45, 7) is 4.08. The third-order valence-electron chi connectivity index (χ3n) is 2.60. The summed E-state index contributed by atoms with van der Waals surface area (Å²) in [5, 5.41) is 4.54. The first-order valence-electron chi connectivity index (χ1n) is 7.38. The van der Waals surface area contributed by atoms with Gasteiger partial charge in [0.25, 0.3) is 11.8 Å². The minimum atomic E-state index is -0.842. The van der Waals surface area contributed by atoms with Crippen LogP contribution in [0.4, 0.5) is 4.79 Å². The largest absolute Gasteiger partial charge is 0.481 e. The molecule has 4 amide bonds. The summed E-state index contributed by atoms with van der Waals surface area (Å²) in [6, 6.07) is 5.42. The second kappa shape index (κ2) is 8.67. The number of hydrogen-bond donors (Lipinski definition) is 3. The number of carbonyl (C=O) groups is 4. The van der Waals surface area contributed by atoms with E-state index >= 15 is 0 Å². The van der Waals surface area contributed by atoms with Crippen molar-refractivity contribution in [2.45, 2.75) is 26.3 Å². The van der Waals surface area contributed by atoms with Gasteiger partial charge in [-0.15, -0.1) is 0 Å². The van der Waals surface area contributed by atoms with E-state index in [1.165, 1.54) is 12.1 Å². The van der Waals surface area contributed by atoms with Gasteiger partial charge >= 0.3 is 12.0 Å². The van der Waals surface area contributed by atoms with Gasteiger partial charge in [-0.25, -0.2) is 9.59 Å². The number of nitrogens with one attached hydrogen (secondary N) is 2. The molecule has 25 heavy (non-hydrogen) atoms. The number of esters is 1. The van der Waals surface area contributed by atoms with Crippen LogP contribution in [0.1, 0.15) is 31.1 Å². The lowest BCUT2D eigenvalue weighted by atomic mass is 10.1. The van der Waals surface area contributed by atoms with Crippen molar-refractivity contribution >= 4 is 23.8 Å². The number of ether oxygens (including phenoxy) is 2. The number of hydrogen-bond acceptors (Lipinski definition) is 6. The maximum Gasteiger partial charge on any atom is 0.344 e. The zero-order chi connectivity index (χ0) is 19.0. The second-order valence-electron chi connectivity index (χ2n) is 6.06. The van der Waals surface area contributed by atoms with Crippen molar-refractivity contribution in [3.63, 3.8) is 0 Å². The van der Waals surface area contributed by atoms with Crippen LogP contribution in [-0.2, 0) is 14.3 Å². The first-order valence-corrected chi connectivity index (χ1v) is 7.38. The van der Waals surface area contributed by atoms with E-state index in [9.17, 15) is 19.2 Å². The molecule has 0 fully saturated rings. The summed E-state index contributed by atoms with van der Waals surface area (Å²) in [4.78, 5) is 45.8. The molecule has 1 aromatic rings. The number of nitrogens with two attached hydrogens (primary N) is 1. The summed E-state index contributed by atoms with van der Waals surface area (Å²) in [6.07, 6.45) is 0. The lowest BCUT2D eigenvalue weighted by Crippen LogP contribution is -2.49. The van der Waals surface area contributed by atoms with Gasteiger partial charge in [0, 0.05) is 5.54 Å². The van der Waals surface area contributed by atoms with E-state index in [2.05, 4.69) is 10.1 Å². The van der Waals surface area contributed by atoms with Crippen LogP contribution in [0, 0.1) is 0 Å². The van der Waals surface area contributed by atoms with Crippen molar-refractivity contribution in [2.24, 2.45) is 5.73 Å². The zero-order valence-electron chi connectivity index (χ0n) is 14.3. The Morgan fingerprint density at radius 3 is 2.32 bits per heavy atom. The molecule has 0 radical (unpaired) electrons. The van der Waals surface area contributed by atoms with E-state index in [0.717, 1.165) is 0 Å². The van der Waals surface area contributed by atoms with Gasteiger partial charge in [-0.05, 0) is 32.9 Å². The Morgan fingerprint density at radius 1 is 1.08 bits per heavy atom. The average molecular weight is 351 g/mol. The molecule has 0 atom stereocenters. The van der Waals surface area contributed by atoms with Crippen LogP contribution >= 0.6 is 0 Å². The first kappa shape index (κ1) is 19.9. The standard InChI is InChI=1S/C16H21N3O6/c1-16(2,3)19-15(23)18-12(20)8-25-13(21)9-24-11-7-5-4-6-10(11)14(17)22/h4-7H,8-9H2,1-3H3,(H2,17,22)(H2,18,19,20,23). The van der Waals surface area contributed by atoms with Crippen LogP contribution in [0.5, 0.6) is 5.75 Å². The third-order valence-corrected chi connectivity index (χ3v) is 2.60. The Morgan fingerprint density at radius 2 is 1.72 bits per heavy atom. The molecular formula is C16H21N3O6. The number of para-hydroxylation sites is 1. The molecule has 9 heteroatoms. The maximum atomic E-state index is 11.6. The maximum absolute atomic E-state index is 11.6. The van der Waals surface area contributed by atoms with Gasteiger partial charge in [0.15, 0.2) is 13.2 Å². The summed E-state index contributed by atoms with van der Waals surface area (Å²) < 4.78 is 9.84. The molecule has 0 aliphatic carbocycles. The van der Waals surface area contributed by atoms with E-state index < -0.39 is 42.6 Å². The zero-order valence-corrected chi connectivity index (χ0v) is 14.3. The Balaban J connectivity index is 2.39. The number of primary amides is 1. The lowest BCUT2D eigenvalue weighted by Gasteiger charge is -2.20. The second-order valence-corrected chi connectivity index (χ2v) is 6.06. The van der Waals surface area contributed by atoms with Gasteiger partial charge < -0.3 is 20.5 Å². The van der Waals surface area contributed by atoms with Crippen molar-refractivity contribution < 1.29 is 28.7 Å². The molecule has 0 unspecified atom stereocenters. The number of imide groups is 1. The Bertz CT molecular complexity index is 666. The highest BCUT2D eigenvalue weighted by molar-refractivity contribution is 5.96. The highest BCUT2D eigenvalue weighted by Gasteiger charge is 2.17. The van der Waals surface area contributed by atoms with Crippen molar-refractivity contribution in [2.75, 3.05) is 13.2 Å². The van der Waals surface area contributed by atoms with Crippen molar-refractivity contribution in [1.82, 2.24) is 10.6 Å². The van der Waals surface area contributed by atoms with Crippen molar-refractivity contribution in [3.8, 4) is 5.75 Å². The van der Waals surface area contributed by atoms with Gasteiger partial charge in [0.2, 0.25) is 0 Å². The van der Waals surface area contributed by atoms with E-state index in [1.54, 1.807) is 32.9 Å². The summed E-state index contributed by atoms with van der Waals surface area (Å²) in [5.74, 6) is -2.20. The number of rotatable bonds is 6. The number of benzene rings is 1. The minimum Gasteiger partial charge on any atom is -0.481 e. The first-order chi connectivity index (χ1) is 11.6. The van der Waals surface area contributed by atoms with E-state index in [0.29, 0.717) is 0 Å². The molecule has 9 nitrogen and oxygen atoms in total. The highest BCUT2D eigenvalue weighted by Crippen LogP contribution is 2.16. The number of amides is 4. The predicted molar refractivity (Wildman–Crippen MR) is 87.8 cm³/mol. The summed E-state index contributed by atoms with van der Waals surface area (Å²) in [5.41, 5.74) is 4.79. The monoisotopic (exact) mass is 351 g/mol. The quantitative estimate of drug-likeness (QED) is 0.632. The van der Waals surface area contributed by atoms with Gasteiger partial charge in [0.1, 0.15) is 5.75 Å². The van der Waals surface area contributed by atoms with Crippen molar-refractivity contribution in [3.05, 3.63) is 29.8 Å². The van der Waals surface area contributed by atoms with Crippen LogP contribution in [0.25, 0.3) is 0 Å². The van der Waals surface area contributed by atoms with E-state index in [1.807, 2.05) is 5.32 Å². The van der Waals surface area contributed by atoms with E-state index in [-0.39, 0.29) is 11.3 Å². The average Bonchev–Trinajstić information content (AvgIpc) is 2.49. The molecule has 4 N–H and O–H groups in total. The number of carbonyl (C=O) groups excluding carboxylic acids is 4. The molecule has 1 rings (SSSR count). The SMILES string of the molecule is CC(C)(C)NC(=O)NC(=O)COC(=O)COc1ccccc1C(N)=O. The van der Waals surface area contributed by atoms with Crippen LogP contribution in [-0.4, -0.2) is 42.6 Å². The van der Waals surface area contributed by atoms with Crippen LogP contribution in [0.3, 0.4) is 0 Å². The molecule has 0 saturated heterocycles. The normalized spacial score (nSPS) is 10.5. The smallest absolute Gasteiger partial charge is 0.344 e. The molecule has 0 aliphatic heterocycles. The molecular weight excluding hydrogens is 330 g/mol. The highest BCUT2D eigenvalue weighted by atomic mass is 16.6. The molecule has 136 valence electrons. The fourth-order valence-electron chi connectivity index (χ4n) is 1.66. The molecule has 0 aromatic heterocycles. The predicted octanol–water partition coefficient (Wildman–Crippen LogP) is 0.332. The summed E-state index contributed by atoms with van der Waals surface area (Å²) >= 11 is 0. The molecule has 0 heterocycles. The van der Waals surface area contributed by atoms with Crippen LogP contribution in [0.2, 0.25) is 0 Å². The topological polar surface area (TPSA) is 137 Å². The molecule has 0 spiro atoms. The lowest BCUT2D eigenvalue weighted by molar-refractivity contribution is -0.150. The van der Waals surface area contributed by atoms with Crippen LogP contribution in [0.15, 0.2) is 24.3 Å². The van der Waals surface area contributed by atoms with Gasteiger partial charge in [-0.1, -0.05) is 12.1 Å². The molecule has 0 saturated carbocycles. The van der Waals surface area contributed by atoms with Crippen LogP contribution < -0.4 is 21.1 Å². The molecule has 0 bridgehead atoms. The molecule has 0 aliphatic rings. The van der Waals surface area contributed by atoms with E-state index in [4.69, 9.17) is 10.5 Å². The van der Waals surface area contributed by atoms with Gasteiger partial charge in [-0.2, -0.15) is 0 Å². The molecule has 1 aromatic carbocycles. The van der Waals surface area contributed by atoms with Gasteiger partial charge in [-0.3, -0.25) is 14.9 Å². The number of urea groups is 1. The Hall–Kier alpha value is -3.10. The van der Waals surface area contributed by atoms with Gasteiger partial charge in [0.05, 0.1) is 5.56 Å². The fraction of sp³-hybridized carbons (Fsp3) is 0.375. The summed E-state index contributed by atoms with van der Waals surface area (Å²) in [7, 11) is 0. The Labute approximate surface area is 144 Å². The Kier molecular flexibility index (Phi) is 6.92. The third kappa shape index (κ3) is 7.82. The fourth-order valence-corrected chi connectivity index (χ4v) is 1.66.